The standard InChI is InChI=1S/C18H32N4O3S.HI/c1-5-19-18(20-11-12-25-6-2)21-13-16-9-7-8-10-17(16)14-26(23,24)22-15(3)4;/h7-10,15,22H,5-6,11-14H2,1-4H3,(H2,19,20,21);1H. The summed E-state index contributed by atoms with van der Waals surface area (Å²) in [7, 11) is -3.37. The number of ether oxygens (including phenoxy) is 1. The van der Waals surface area contributed by atoms with Crippen LogP contribution in [0.3, 0.4) is 0 Å². The van der Waals surface area contributed by atoms with Crippen LogP contribution in [0.25, 0.3) is 0 Å². The lowest BCUT2D eigenvalue weighted by molar-refractivity contribution is 0.152. The molecule has 0 atom stereocenters. The van der Waals surface area contributed by atoms with E-state index in [-0.39, 0.29) is 35.8 Å². The molecule has 3 N–H and O–H groups in total. The molecular formula is C18H33IN4O3S. The van der Waals surface area contributed by atoms with Crippen LogP contribution in [0.2, 0.25) is 0 Å². The molecule has 0 radical (unpaired) electrons. The van der Waals surface area contributed by atoms with Crippen LogP contribution in [0, 0.1) is 0 Å². The van der Waals surface area contributed by atoms with E-state index in [2.05, 4.69) is 20.3 Å². The molecule has 0 unspecified atom stereocenters. The Morgan fingerprint density at radius 3 is 2.41 bits per heavy atom. The number of benzene rings is 1. The fraction of sp³-hybridized carbons (Fsp3) is 0.611. The molecule has 27 heavy (non-hydrogen) atoms. The topological polar surface area (TPSA) is 91.8 Å². The Morgan fingerprint density at radius 2 is 1.81 bits per heavy atom. The van der Waals surface area contributed by atoms with Crippen molar-refractivity contribution in [1.29, 1.82) is 0 Å². The third-order valence-corrected chi connectivity index (χ3v) is 4.90. The second kappa shape index (κ2) is 14.1. The van der Waals surface area contributed by atoms with Crippen LogP contribution < -0.4 is 15.4 Å². The SMILES string of the molecule is CCNC(=NCc1ccccc1CS(=O)(=O)NC(C)C)NCCOCC.I. The Hall–Kier alpha value is -0.910. The molecule has 1 aromatic rings. The molecule has 0 aliphatic rings. The van der Waals surface area contributed by atoms with Crippen molar-refractivity contribution in [2.24, 2.45) is 4.99 Å². The Labute approximate surface area is 180 Å². The van der Waals surface area contributed by atoms with Crippen molar-refractivity contribution in [1.82, 2.24) is 15.4 Å². The largest absolute Gasteiger partial charge is 0.380 e. The summed E-state index contributed by atoms with van der Waals surface area (Å²) in [5.74, 6) is 0.635. The summed E-state index contributed by atoms with van der Waals surface area (Å²) in [6.07, 6.45) is 0. The lowest BCUT2D eigenvalue weighted by Crippen LogP contribution is -2.39. The minimum Gasteiger partial charge on any atom is -0.380 e. The summed E-state index contributed by atoms with van der Waals surface area (Å²) in [5, 5.41) is 6.38. The first-order chi connectivity index (χ1) is 12.4. The molecule has 9 heteroatoms. The number of hydrogen-bond donors (Lipinski definition) is 3. The van der Waals surface area contributed by atoms with E-state index < -0.39 is 10.0 Å². The summed E-state index contributed by atoms with van der Waals surface area (Å²) >= 11 is 0. The van der Waals surface area contributed by atoms with Gasteiger partial charge in [0, 0.05) is 25.7 Å². The summed E-state index contributed by atoms with van der Waals surface area (Å²) in [6, 6.07) is 7.36. The van der Waals surface area contributed by atoms with Crippen LogP contribution in [0.15, 0.2) is 29.3 Å². The van der Waals surface area contributed by atoms with Gasteiger partial charge in [0.05, 0.1) is 18.9 Å². The van der Waals surface area contributed by atoms with E-state index in [1.54, 1.807) is 0 Å². The van der Waals surface area contributed by atoms with Crippen molar-refractivity contribution in [2.75, 3.05) is 26.3 Å². The van der Waals surface area contributed by atoms with Gasteiger partial charge in [-0.2, -0.15) is 0 Å². The van der Waals surface area contributed by atoms with E-state index in [4.69, 9.17) is 4.74 Å². The van der Waals surface area contributed by atoms with Crippen molar-refractivity contribution in [3.8, 4) is 0 Å². The van der Waals surface area contributed by atoms with E-state index in [0.29, 0.717) is 32.3 Å². The van der Waals surface area contributed by atoms with Crippen LogP contribution >= 0.6 is 24.0 Å². The molecule has 1 aromatic carbocycles. The van der Waals surface area contributed by atoms with Gasteiger partial charge in [0.2, 0.25) is 10.0 Å². The summed E-state index contributed by atoms with van der Waals surface area (Å²) in [6.45, 7) is 10.7. The van der Waals surface area contributed by atoms with Gasteiger partial charge < -0.3 is 15.4 Å². The van der Waals surface area contributed by atoms with Crippen LogP contribution in [-0.2, 0) is 27.1 Å². The van der Waals surface area contributed by atoms with Crippen LogP contribution in [0.5, 0.6) is 0 Å². The summed E-state index contributed by atoms with van der Waals surface area (Å²) in [4.78, 5) is 4.56. The quantitative estimate of drug-likeness (QED) is 0.183. The first-order valence-corrected chi connectivity index (χ1v) is 10.7. The van der Waals surface area contributed by atoms with Gasteiger partial charge in [0.15, 0.2) is 5.96 Å². The fourth-order valence-corrected chi connectivity index (χ4v) is 3.84. The maximum atomic E-state index is 12.2. The highest BCUT2D eigenvalue weighted by atomic mass is 127. The highest BCUT2D eigenvalue weighted by Crippen LogP contribution is 2.13. The number of rotatable bonds is 11. The lowest BCUT2D eigenvalue weighted by Gasteiger charge is -2.13. The number of nitrogens with one attached hydrogen (secondary N) is 3. The maximum Gasteiger partial charge on any atom is 0.216 e. The Balaban J connectivity index is 0.00000676. The molecule has 156 valence electrons. The van der Waals surface area contributed by atoms with Gasteiger partial charge in [-0.05, 0) is 38.8 Å². The van der Waals surface area contributed by atoms with Crippen molar-refractivity contribution in [3.63, 3.8) is 0 Å². The molecule has 0 bridgehead atoms. The number of guanidine groups is 1. The van der Waals surface area contributed by atoms with E-state index in [1.807, 2.05) is 52.0 Å². The normalized spacial score (nSPS) is 12.0. The molecule has 0 amide bonds. The molecule has 0 fully saturated rings. The third-order valence-electron chi connectivity index (χ3n) is 3.37. The molecule has 7 nitrogen and oxygen atoms in total. The Morgan fingerprint density at radius 1 is 1.15 bits per heavy atom. The Bertz CT molecular complexity index is 666. The van der Waals surface area contributed by atoms with Gasteiger partial charge in [-0.1, -0.05) is 24.3 Å². The molecule has 0 aliphatic heterocycles. The third kappa shape index (κ3) is 11.5. The van der Waals surface area contributed by atoms with Gasteiger partial charge >= 0.3 is 0 Å². The zero-order valence-corrected chi connectivity index (χ0v) is 19.8. The predicted octanol–water partition coefficient (Wildman–Crippen LogP) is 2.22. The monoisotopic (exact) mass is 512 g/mol. The highest BCUT2D eigenvalue weighted by molar-refractivity contribution is 14.0. The van der Waals surface area contributed by atoms with E-state index in [1.165, 1.54) is 0 Å². The first kappa shape index (κ1) is 26.1. The van der Waals surface area contributed by atoms with Gasteiger partial charge in [-0.25, -0.2) is 18.1 Å². The summed E-state index contributed by atoms with van der Waals surface area (Å²) < 4.78 is 32.4. The smallest absolute Gasteiger partial charge is 0.216 e. The van der Waals surface area contributed by atoms with Gasteiger partial charge in [-0.3, -0.25) is 0 Å². The van der Waals surface area contributed by atoms with Gasteiger partial charge in [-0.15, -0.1) is 24.0 Å². The number of sulfonamides is 1. The minimum atomic E-state index is -3.37. The average molecular weight is 512 g/mol. The van der Waals surface area contributed by atoms with E-state index in [0.717, 1.165) is 17.7 Å². The number of hydrogen-bond acceptors (Lipinski definition) is 4. The van der Waals surface area contributed by atoms with Crippen LogP contribution in [0.1, 0.15) is 38.8 Å². The molecule has 0 saturated carbocycles. The molecule has 1 rings (SSSR count). The minimum absolute atomic E-state index is 0. The second-order valence-electron chi connectivity index (χ2n) is 6.12. The second-order valence-corrected chi connectivity index (χ2v) is 7.87. The predicted molar refractivity (Wildman–Crippen MR) is 122 cm³/mol. The molecule has 0 aliphatic carbocycles. The molecular weight excluding hydrogens is 479 g/mol. The van der Waals surface area contributed by atoms with Gasteiger partial charge in [0.1, 0.15) is 0 Å². The average Bonchev–Trinajstić information content (AvgIpc) is 2.56. The Kier molecular flexibility index (Phi) is 13.7. The fourth-order valence-electron chi connectivity index (χ4n) is 2.35. The maximum absolute atomic E-state index is 12.2. The molecule has 0 aromatic heterocycles. The zero-order chi connectivity index (χ0) is 19.4. The molecule has 0 saturated heterocycles. The lowest BCUT2D eigenvalue weighted by atomic mass is 10.1. The van der Waals surface area contributed by atoms with Gasteiger partial charge in [0.25, 0.3) is 0 Å². The van der Waals surface area contributed by atoms with Crippen molar-refractivity contribution >= 4 is 40.0 Å². The van der Waals surface area contributed by atoms with Crippen molar-refractivity contribution < 1.29 is 13.2 Å². The van der Waals surface area contributed by atoms with Crippen LogP contribution in [0.4, 0.5) is 0 Å². The van der Waals surface area contributed by atoms with E-state index >= 15 is 0 Å². The molecule has 0 heterocycles. The van der Waals surface area contributed by atoms with Crippen molar-refractivity contribution in [3.05, 3.63) is 35.4 Å². The van der Waals surface area contributed by atoms with E-state index in [9.17, 15) is 8.42 Å². The first-order valence-electron chi connectivity index (χ1n) is 9.04. The summed E-state index contributed by atoms with van der Waals surface area (Å²) in [5.41, 5.74) is 1.65. The number of nitrogens with zero attached hydrogens (tertiary/aromatic N) is 1. The number of aliphatic imine (C=N–C) groups is 1. The van der Waals surface area contributed by atoms with Crippen molar-refractivity contribution in [2.45, 2.75) is 46.0 Å². The molecule has 0 spiro atoms. The van der Waals surface area contributed by atoms with Crippen LogP contribution in [-0.4, -0.2) is 46.7 Å². The highest BCUT2D eigenvalue weighted by Gasteiger charge is 2.15. The zero-order valence-electron chi connectivity index (χ0n) is 16.6. The number of halogens is 1.